The molecule has 0 saturated heterocycles. The fraction of sp³-hybridized carbons (Fsp3) is 0.400. The summed E-state index contributed by atoms with van der Waals surface area (Å²) < 4.78 is 38.0. The van der Waals surface area contributed by atoms with Crippen molar-refractivity contribution in [2.24, 2.45) is 5.11 Å². The molecule has 7 heteroatoms. The van der Waals surface area contributed by atoms with Crippen LogP contribution in [0.25, 0.3) is 10.4 Å². The van der Waals surface area contributed by atoms with Gasteiger partial charge in [0.1, 0.15) is 0 Å². The predicted molar refractivity (Wildman–Crippen MR) is 58.6 cm³/mol. The maximum absolute atomic E-state index is 12.7. The molecule has 1 rings (SSSR count). The van der Waals surface area contributed by atoms with Crippen molar-refractivity contribution < 1.29 is 13.2 Å². The summed E-state index contributed by atoms with van der Waals surface area (Å²) in [5, 5.41) is 3.18. The molecule has 0 bridgehead atoms. The number of alkyl halides is 3. The summed E-state index contributed by atoms with van der Waals surface area (Å²) in [6.07, 6.45) is -4.44. The van der Waals surface area contributed by atoms with E-state index in [-0.39, 0.29) is 12.1 Å². The van der Waals surface area contributed by atoms with Gasteiger partial charge in [-0.1, -0.05) is 5.11 Å². The fourth-order valence-electron chi connectivity index (χ4n) is 1.37. The van der Waals surface area contributed by atoms with Crippen LogP contribution in [0.2, 0.25) is 0 Å². The summed E-state index contributed by atoms with van der Waals surface area (Å²) >= 11 is 0. The number of hydrogen-bond donors (Lipinski definition) is 0. The minimum atomic E-state index is -4.44. The number of hydrogen-bond acceptors (Lipinski definition) is 2. The molecule has 0 aromatic heterocycles. The Bertz CT molecular complexity index is 447. The van der Waals surface area contributed by atoms with E-state index in [1.165, 1.54) is 12.1 Å². The van der Waals surface area contributed by atoms with Gasteiger partial charge in [0.25, 0.3) is 0 Å². The van der Waals surface area contributed by atoms with Crippen LogP contribution >= 0.6 is 0 Å². The predicted octanol–water partition coefficient (Wildman–Crippen LogP) is 3.58. The number of nitrogens with zero attached hydrogens (tertiary/aromatic N) is 4. The highest BCUT2D eigenvalue weighted by Crippen LogP contribution is 2.34. The first kappa shape index (κ1) is 13.2. The van der Waals surface area contributed by atoms with Gasteiger partial charge in [0.2, 0.25) is 0 Å². The van der Waals surface area contributed by atoms with Gasteiger partial charge in [0.15, 0.2) is 0 Å². The number of azide groups is 1. The minimum Gasteiger partial charge on any atom is -0.378 e. The van der Waals surface area contributed by atoms with Crippen LogP contribution in [0.5, 0.6) is 0 Å². The van der Waals surface area contributed by atoms with Crippen molar-refractivity contribution in [2.75, 3.05) is 19.0 Å². The van der Waals surface area contributed by atoms with E-state index in [2.05, 4.69) is 10.0 Å². The highest BCUT2D eigenvalue weighted by Gasteiger charge is 2.33. The van der Waals surface area contributed by atoms with Gasteiger partial charge in [-0.3, -0.25) is 0 Å². The molecule has 92 valence electrons. The first-order valence-corrected chi connectivity index (χ1v) is 4.74. The van der Waals surface area contributed by atoms with Crippen LogP contribution in [0.1, 0.15) is 11.1 Å². The van der Waals surface area contributed by atoms with Crippen molar-refractivity contribution in [2.45, 2.75) is 12.7 Å². The molecule has 0 aliphatic carbocycles. The maximum atomic E-state index is 12.7. The Morgan fingerprint density at radius 1 is 1.35 bits per heavy atom. The van der Waals surface area contributed by atoms with Crippen molar-refractivity contribution in [1.82, 2.24) is 0 Å². The van der Waals surface area contributed by atoms with Crippen LogP contribution < -0.4 is 4.90 Å². The molecule has 0 N–H and O–H groups in total. The van der Waals surface area contributed by atoms with Gasteiger partial charge in [-0.15, -0.1) is 0 Å². The molecule has 0 atom stereocenters. The monoisotopic (exact) mass is 244 g/mol. The number of anilines is 1. The third-order valence-corrected chi connectivity index (χ3v) is 2.21. The second-order valence-electron chi connectivity index (χ2n) is 3.62. The van der Waals surface area contributed by atoms with Crippen LogP contribution in [0.15, 0.2) is 23.3 Å². The first-order chi connectivity index (χ1) is 7.86. The van der Waals surface area contributed by atoms with Gasteiger partial charge < -0.3 is 4.90 Å². The number of rotatable bonds is 3. The van der Waals surface area contributed by atoms with Crippen LogP contribution in [-0.4, -0.2) is 14.1 Å². The molecule has 0 aliphatic rings. The normalized spacial score (nSPS) is 10.9. The molecule has 0 aliphatic heterocycles. The van der Waals surface area contributed by atoms with E-state index in [4.69, 9.17) is 5.53 Å². The largest absolute Gasteiger partial charge is 0.416 e. The lowest BCUT2D eigenvalue weighted by Crippen LogP contribution is -2.13. The second-order valence-corrected chi connectivity index (χ2v) is 3.62. The van der Waals surface area contributed by atoms with Crippen molar-refractivity contribution >= 4 is 5.69 Å². The van der Waals surface area contributed by atoms with E-state index < -0.39 is 11.7 Å². The van der Waals surface area contributed by atoms with Gasteiger partial charge in [-0.25, -0.2) is 0 Å². The minimum absolute atomic E-state index is 0.0264. The lowest BCUT2D eigenvalue weighted by Gasteiger charge is -2.17. The summed E-state index contributed by atoms with van der Waals surface area (Å²) in [4.78, 5) is 4.15. The summed E-state index contributed by atoms with van der Waals surface area (Å²) in [5.41, 5.74) is 8.00. The highest BCUT2D eigenvalue weighted by atomic mass is 19.4. The lowest BCUT2D eigenvalue weighted by atomic mass is 10.1. The zero-order chi connectivity index (χ0) is 13.1. The maximum Gasteiger partial charge on any atom is 0.416 e. The number of halogens is 3. The Kier molecular flexibility index (Phi) is 3.85. The highest BCUT2D eigenvalue weighted by molar-refractivity contribution is 5.50. The molecule has 1 aromatic carbocycles. The number of benzene rings is 1. The van der Waals surface area contributed by atoms with E-state index >= 15 is 0 Å². The molecule has 0 saturated carbocycles. The van der Waals surface area contributed by atoms with Gasteiger partial charge >= 0.3 is 6.18 Å². The van der Waals surface area contributed by atoms with E-state index in [0.29, 0.717) is 5.69 Å². The van der Waals surface area contributed by atoms with Crippen LogP contribution in [-0.2, 0) is 12.7 Å². The Labute approximate surface area is 96.3 Å². The van der Waals surface area contributed by atoms with E-state index in [9.17, 15) is 13.2 Å². The molecule has 0 amide bonds. The zero-order valence-corrected chi connectivity index (χ0v) is 9.36. The summed E-state index contributed by atoms with van der Waals surface area (Å²) in [7, 11) is 3.44. The Morgan fingerprint density at radius 2 is 2.00 bits per heavy atom. The van der Waals surface area contributed by atoms with Crippen molar-refractivity contribution in [3.8, 4) is 0 Å². The third-order valence-electron chi connectivity index (χ3n) is 2.21. The average Bonchev–Trinajstić information content (AvgIpc) is 2.24. The van der Waals surface area contributed by atoms with Crippen molar-refractivity contribution in [3.63, 3.8) is 0 Å². The van der Waals surface area contributed by atoms with E-state index in [1.54, 1.807) is 19.0 Å². The Hall–Kier alpha value is -1.88. The summed E-state index contributed by atoms with van der Waals surface area (Å²) in [5.74, 6) is 0. The van der Waals surface area contributed by atoms with Crippen LogP contribution in [0.3, 0.4) is 0 Å². The van der Waals surface area contributed by atoms with Gasteiger partial charge in [-0.05, 0) is 29.3 Å². The van der Waals surface area contributed by atoms with Gasteiger partial charge in [0, 0.05) is 24.7 Å². The van der Waals surface area contributed by atoms with Gasteiger partial charge in [-0.2, -0.15) is 13.2 Å². The SMILES string of the molecule is CN(C)c1ccc(C(F)(F)F)c(CN=[N+]=[N-])c1. The third kappa shape index (κ3) is 3.29. The Morgan fingerprint density at radius 3 is 2.47 bits per heavy atom. The quantitative estimate of drug-likeness (QED) is 0.455. The molecule has 0 radical (unpaired) electrons. The summed E-state index contributed by atoms with van der Waals surface area (Å²) in [6, 6.07) is 3.75. The average molecular weight is 244 g/mol. The molecule has 17 heavy (non-hydrogen) atoms. The molecule has 4 nitrogen and oxygen atoms in total. The topological polar surface area (TPSA) is 52.0 Å². The molecular weight excluding hydrogens is 233 g/mol. The lowest BCUT2D eigenvalue weighted by molar-refractivity contribution is -0.138. The fourth-order valence-corrected chi connectivity index (χ4v) is 1.37. The molecule has 0 heterocycles. The molecule has 0 spiro atoms. The van der Waals surface area contributed by atoms with E-state index in [0.717, 1.165) is 6.07 Å². The van der Waals surface area contributed by atoms with Crippen molar-refractivity contribution in [3.05, 3.63) is 39.8 Å². The Balaban J connectivity index is 3.26. The van der Waals surface area contributed by atoms with Crippen LogP contribution in [0, 0.1) is 0 Å². The molecule has 0 unspecified atom stereocenters. The van der Waals surface area contributed by atoms with Gasteiger partial charge in [0.05, 0.1) is 12.1 Å². The standard InChI is InChI=1S/C10H11F3N4/c1-17(2)8-3-4-9(10(11,12)13)7(5-8)6-15-16-14/h3-5H,6H2,1-2H3. The van der Waals surface area contributed by atoms with E-state index in [1.807, 2.05) is 0 Å². The zero-order valence-electron chi connectivity index (χ0n) is 9.36. The second kappa shape index (κ2) is 4.97. The molecule has 1 aromatic rings. The molecular formula is C10H11F3N4. The van der Waals surface area contributed by atoms with Crippen molar-refractivity contribution in [1.29, 1.82) is 0 Å². The summed E-state index contributed by atoms with van der Waals surface area (Å²) in [6.45, 7) is -0.312. The van der Waals surface area contributed by atoms with Crippen LogP contribution in [0.4, 0.5) is 18.9 Å². The molecule has 0 fully saturated rings. The first-order valence-electron chi connectivity index (χ1n) is 4.74. The smallest absolute Gasteiger partial charge is 0.378 e.